The van der Waals surface area contributed by atoms with Crippen molar-refractivity contribution in [2.45, 2.75) is 57.3 Å². The summed E-state index contributed by atoms with van der Waals surface area (Å²) in [7, 11) is 3.34. The Balaban J connectivity index is 0.000000186. The molecular weight excluding hydrogens is 616 g/mol. The molecule has 0 heterocycles. The summed E-state index contributed by atoms with van der Waals surface area (Å²) in [6.45, 7) is 6.01. The molecule has 2 fully saturated rings. The minimum Gasteiger partial charge on any atom is -0.495 e. The smallest absolute Gasteiger partial charge is 0.173 e. The first-order valence-corrected chi connectivity index (χ1v) is 13.6. The summed E-state index contributed by atoms with van der Waals surface area (Å²) in [5.74, 6) is 1.91. The fraction of sp³-hybridized carbons (Fsp3) is 0.462. The monoisotopic (exact) mass is 642 g/mol. The molecule has 2 aliphatic rings. The zero-order valence-corrected chi connectivity index (χ0v) is 24.4. The van der Waals surface area contributed by atoms with Gasteiger partial charge >= 0.3 is 0 Å². The lowest BCUT2D eigenvalue weighted by Gasteiger charge is -2.17. The van der Waals surface area contributed by atoms with E-state index in [4.69, 9.17) is 9.47 Å². The number of hydrogen-bond donors (Lipinski definition) is 0. The molecule has 0 unspecified atom stereocenters. The van der Waals surface area contributed by atoms with Gasteiger partial charge in [-0.3, -0.25) is 9.59 Å². The van der Waals surface area contributed by atoms with E-state index in [1.165, 1.54) is 0 Å². The van der Waals surface area contributed by atoms with Gasteiger partial charge in [-0.25, -0.2) is 0 Å². The lowest BCUT2D eigenvalue weighted by molar-refractivity contribution is 0.101. The van der Waals surface area contributed by atoms with Crippen molar-refractivity contribution in [1.29, 1.82) is 0 Å². The van der Waals surface area contributed by atoms with Crippen molar-refractivity contribution in [3.8, 4) is 11.5 Å². The zero-order chi connectivity index (χ0) is 24.6. The number of ether oxygens (including phenoxy) is 2. The zero-order valence-electron chi connectivity index (χ0n) is 19.6. The van der Waals surface area contributed by atoms with Crippen molar-refractivity contribution in [2.75, 3.05) is 19.5 Å². The van der Waals surface area contributed by atoms with Crippen LogP contribution in [-0.2, 0) is 10.8 Å². The van der Waals surface area contributed by atoms with Crippen molar-refractivity contribution in [2.24, 2.45) is 0 Å². The maximum absolute atomic E-state index is 11.8. The Hall–Kier alpha value is -1.18. The third-order valence-electron chi connectivity index (χ3n) is 6.65. The topological polar surface area (TPSA) is 52.6 Å². The molecule has 2 aromatic carbocycles. The Kier molecular flexibility index (Phi) is 8.17. The molecule has 4 rings (SSSR count). The normalized spacial score (nSPS) is 16.8. The van der Waals surface area contributed by atoms with Gasteiger partial charge in [0.25, 0.3) is 0 Å². The van der Waals surface area contributed by atoms with E-state index < -0.39 is 0 Å². The van der Waals surface area contributed by atoms with Crippen molar-refractivity contribution in [3.63, 3.8) is 0 Å². The number of methoxy groups -OCH3 is 2. The molecule has 2 aromatic rings. The molecule has 0 N–H and O–H groups in total. The van der Waals surface area contributed by atoms with Crippen molar-refractivity contribution < 1.29 is 19.1 Å². The van der Waals surface area contributed by atoms with Crippen LogP contribution in [0.15, 0.2) is 33.2 Å². The van der Waals surface area contributed by atoms with Gasteiger partial charge in [0, 0.05) is 22.3 Å². The van der Waals surface area contributed by atoms with Crippen molar-refractivity contribution in [3.05, 3.63) is 55.5 Å². The molecule has 7 heteroatoms. The molecule has 0 atom stereocenters. The van der Waals surface area contributed by atoms with Gasteiger partial charge < -0.3 is 9.47 Å². The van der Waals surface area contributed by atoms with Crippen LogP contribution in [0.4, 0.5) is 0 Å². The van der Waals surface area contributed by atoms with Gasteiger partial charge in [0.15, 0.2) is 11.6 Å². The van der Waals surface area contributed by atoms with E-state index in [0.29, 0.717) is 5.33 Å². The molecule has 0 spiro atoms. The third kappa shape index (κ3) is 5.73. The van der Waals surface area contributed by atoms with E-state index in [1.807, 2.05) is 24.3 Å². The number of Topliss-reactive ketones (excluding diaryl/α,β-unsaturated/α-hetero) is 2. The van der Waals surface area contributed by atoms with E-state index in [0.717, 1.165) is 68.4 Å². The Morgan fingerprint density at radius 1 is 0.818 bits per heavy atom. The second-order valence-electron chi connectivity index (χ2n) is 9.31. The molecule has 4 nitrogen and oxygen atoms in total. The maximum atomic E-state index is 11.8. The van der Waals surface area contributed by atoms with Crippen LogP contribution in [0.5, 0.6) is 11.5 Å². The summed E-state index contributed by atoms with van der Waals surface area (Å²) in [6.07, 6.45) is 4.64. The van der Waals surface area contributed by atoms with Crippen LogP contribution in [0.25, 0.3) is 0 Å². The van der Waals surface area contributed by atoms with E-state index in [2.05, 4.69) is 61.6 Å². The number of rotatable bonds is 7. The van der Waals surface area contributed by atoms with Gasteiger partial charge in [-0.2, -0.15) is 0 Å². The molecule has 0 saturated heterocycles. The van der Waals surface area contributed by atoms with Gasteiger partial charge in [0.2, 0.25) is 0 Å². The summed E-state index contributed by atoms with van der Waals surface area (Å²) >= 11 is 10.2. The van der Waals surface area contributed by atoms with Gasteiger partial charge in [-0.05, 0) is 99.6 Å². The molecule has 0 bridgehead atoms. The molecular formula is C26H29Br3O4. The third-order valence-corrected chi connectivity index (χ3v) is 8.33. The first-order valence-electron chi connectivity index (χ1n) is 10.9. The van der Waals surface area contributed by atoms with Crippen molar-refractivity contribution in [1.82, 2.24) is 0 Å². The molecule has 0 aromatic heterocycles. The minimum atomic E-state index is 0.0915. The minimum absolute atomic E-state index is 0.0915. The fourth-order valence-electron chi connectivity index (χ4n) is 3.85. The second kappa shape index (κ2) is 10.2. The summed E-state index contributed by atoms with van der Waals surface area (Å²) in [5.41, 5.74) is 4.14. The van der Waals surface area contributed by atoms with Gasteiger partial charge in [0.1, 0.15) is 11.5 Å². The van der Waals surface area contributed by atoms with Gasteiger partial charge in [-0.15, -0.1) is 0 Å². The molecule has 0 radical (unpaired) electrons. The molecule has 178 valence electrons. The largest absolute Gasteiger partial charge is 0.495 e. The number of benzene rings is 2. The number of halogens is 3. The summed E-state index contributed by atoms with van der Waals surface area (Å²) in [5, 5.41) is 0.349. The van der Waals surface area contributed by atoms with E-state index in [1.54, 1.807) is 21.1 Å². The summed E-state index contributed by atoms with van der Waals surface area (Å²) in [4.78, 5) is 23.2. The van der Waals surface area contributed by atoms with Gasteiger partial charge in [-0.1, -0.05) is 29.8 Å². The van der Waals surface area contributed by atoms with Crippen LogP contribution in [0.3, 0.4) is 0 Å². The molecule has 2 saturated carbocycles. The average molecular weight is 645 g/mol. The van der Waals surface area contributed by atoms with Crippen LogP contribution in [0, 0.1) is 0 Å². The standard InChI is InChI=1S/C13H14Br2O2.C13H15BrO2/c1-13(3-4-13)9-5-8(11(16)7-14)6-10(15)12(9)17-2;1-8(15)9-6-10(13(2)4-5-13)12(16-3)11(14)7-9/h5-6H,3-4,7H2,1-2H3;6-7H,4-5H2,1-3H3. The highest BCUT2D eigenvalue weighted by molar-refractivity contribution is 9.11. The maximum Gasteiger partial charge on any atom is 0.173 e. The van der Waals surface area contributed by atoms with Crippen LogP contribution in [0.2, 0.25) is 0 Å². The quantitative estimate of drug-likeness (QED) is 0.228. The SMILES string of the molecule is COc1c(Br)cc(C(=O)CBr)cc1C1(C)CC1.COc1c(Br)cc(C(C)=O)cc1C1(C)CC1. The Morgan fingerprint density at radius 3 is 1.55 bits per heavy atom. The molecule has 2 aliphatic carbocycles. The van der Waals surface area contributed by atoms with E-state index in [-0.39, 0.29) is 22.4 Å². The summed E-state index contributed by atoms with van der Waals surface area (Å²) < 4.78 is 12.6. The van der Waals surface area contributed by atoms with Gasteiger partial charge in [0.05, 0.1) is 28.5 Å². The van der Waals surface area contributed by atoms with E-state index >= 15 is 0 Å². The highest BCUT2D eigenvalue weighted by Gasteiger charge is 2.43. The number of carbonyl (C=O) groups excluding carboxylic acids is 2. The Labute approximate surface area is 221 Å². The first kappa shape index (κ1) is 26.4. The number of carbonyl (C=O) groups is 2. The lowest BCUT2D eigenvalue weighted by atomic mass is 9.94. The predicted octanol–water partition coefficient (Wildman–Crippen LogP) is 7.80. The first-order chi connectivity index (χ1) is 15.5. The molecule has 33 heavy (non-hydrogen) atoms. The number of alkyl halides is 1. The van der Waals surface area contributed by atoms with Crippen LogP contribution < -0.4 is 9.47 Å². The second-order valence-corrected chi connectivity index (χ2v) is 11.6. The predicted molar refractivity (Wildman–Crippen MR) is 143 cm³/mol. The lowest BCUT2D eigenvalue weighted by Crippen LogP contribution is -2.08. The van der Waals surface area contributed by atoms with Crippen LogP contribution >= 0.6 is 47.8 Å². The molecule has 0 amide bonds. The van der Waals surface area contributed by atoms with E-state index in [9.17, 15) is 9.59 Å². The number of hydrogen-bond acceptors (Lipinski definition) is 4. The Morgan fingerprint density at radius 2 is 1.21 bits per heavy atom. The Bertz CT molecular complexity index is 1090. The van der Waals surface area contributed by atoms with Crippen molar-refractivity contribution >= 4 is 59.4 Å². The number of ketones is 2. The summed E-state index contributed by atoms with van der Waals surface area (Å²) in [6, 6.07) is 7.60. The van der Waals surface area contributed by atoms with Crippen LogP contribution in [-0.4, -0.2) is 31.1 Å². The molecule has 0 aliphatic heterocycles. The average Bonchev–Trinajstić information content (AvgIpc) is 3.71. The fourth-order valence-corrected chi connectivity index (χ4v) is 5.42. The highest BCUT2D eigenvalue weighted by Crippen LogP contribution is 2.53. The highest BCUT2D eigenvalue weighted by atomic mass is 79.9. The van der Waals surface area contributed by atoms with Crippen LogP contribution in [0.1, 0.15) is 78.3 Å².